The van der Waals surface area contributed by atoms with Crippen LogP contribution in [0.3, 0.4) is 0 Å². The number of alkyl halides is 6. The summed E-state index contributed by atoms with van der Waals surface area (Å²) in [6.45, 7) is 5.13. The number of fused-ring (bicyclic) bond motifs is 2. The van der Waals surface area contributed by atoms with Gasteiger partial charge in [0.1, 0.15) is 23.3 Å². The third kappa shape index (κ3) is 15.8. The first kappa shape index (κ1) is 66.9. The average molecular weight is 1250 g/mol. The molecule has 0 spiro atoms. The Balaban J connectivity index is 0.000000275. The van der Waals surface area contributed by atoms with Crippen LogP contribution in [0.15, 0.2) is 131 Å². The van der Waals surface area contributed by atoms with Crippen molar-refractivity contribution in [2.75, 3.05) is 36.1 Å². The van der Waals surface area contributed by atoms with Gasteiger partial charge in [0.25, 0.3) is 11.1 Å². The summed E-state index contributed by atoms with van der Waals surface area (Å²) in [5.74, 6) is -5.93. The Morgan fingerprint density at radius 3 is 1.23 bits per heavy atom. The zero-order valence-electron chi connectivity index (χ0n) is 45.9. The van der Waals surface area contributed by atoms with Crippen LogP contribution >= 0.6 is 0 Å². The molecule has 0 saturated carbocycles. The quantitative estimate of drug-likeness (QED) is 0.0726. The van der Waals surface area contributed by atoms with Gasteiger partial charge >= 0.3 is 12.4 Å². The number of rotatable bonds is 18. The van der Waals surface area contributed by atoms with Gasteiger partial charge in [0.2, 0.25) is 11.8 Å². The minimum Gasteiger partial charge on any atom is -0.331 e. The maximum atomic E-state index is 13.9. The lowest BCUT2D eigenvalue weighted by molar-refractivity contribution is -0.141. The molecular formula is C59H54F8N10O8S2. The van der Waals surface area contributed by atoms with E-state index in [4.69, 9.17) is 0 Å². The Morgan fingerprint density at radius 2 is 0.920 bits per heavy atom. The monoisotopic (exact) mass is 1250 g/mol. The van der Waals surface area contributed by atoms with E-state index in [1.54, 1.807) is 12.1 Å². The van der Waals surface area contributed by atoms with Crippen molar-refractivity contribution in [2.24, 2.45) is 0 Å². The van der Waals surface area contributed by atoms with Gasteiger partial charge in [-0.2, -0.15) is 36.9 Å². The van der Waals surface area contributed by atoms with Gasteiger partial charge in [-0.25, -0.2) is 45.6 Å². The normalized spacial score (nSPS) is 12.4. The lowest BCUT2D eigenvalue weighted by Crippen LogP contribution is -2.41. The molecule has 87 heavy (non-hydrogen) atoms. The molecule has 8 aromatic rings. The fraction of sp³-hybridized carbons (Fsp3) is 0.288. The largest absolute Gasteiger partial charge is 0.419 e. The van der Waals surface area contributed by atoms with E-state index in [1.807, 2.05) is 12.1 Å². The first-order valence-corrected chi connectivity index (χ1v) is 29.6. The van der Waals surface area contributed by atoms with Crippen molar-refractivity contribution < 1.29 is 61.5 Å². The predicted molar refractivity (Wildman–Crippen MR) is 306 cm³/mol. The molecule has 2 amide bonds. The topological polar surface area (TPSA) is 252 Å². The number of sulfone groups is 2. The molecule has 18 nitrogen and oxygen atoms in total. The predicted octanol–water partition coefficient (Wildman–Crippen LogP) is 9.39. The van der Waals surface area contributed by atoms with Crippen molar-refractivity contribution in [3.63, 3.8) is 0 Å². The van der Waals surface area contributed by atoms with E-state index >= 15 is 0 Å². The molecule has 0 aliphatic heterocycles. The number of carbonyl (C=O) groups is 2. The first-order valence-electron chi connectivity index (χ1n) is 26.0. The maximum Gasteiger partial charge on any atom is 0.419 e. The summed E-state index contributed by atoms with van der Waals surface area (Å²) in [7, 11) is -7.21. The van der Waals surface area contributed by atoms with Crippen molar-refractivity contribution >= 4 is 53.6 Å². The third-order valence-electron chi connectivity index (χ3n) is 13.7. The van der Waals surface area contributed by atoms with Crippen LogP contribution in [0.2, 0.25) is 0 Å². The highest BCUT2D eigenvalue weighted by atomic mass is 32.2. The summed E-state index contributed by atoms with van der Waals surface area (Å²) in [6.07, 6.45) is -8.40. The van der Waals surface area contributed by atoms with E-state index in [1.165, 1.54) is 110 Å². The fourth-order valence-corrected chi connectivity index (χ4v) is 10.5. The number of aromatic nitrogens is 6. The van der Waals surface area contributed by atoms with Crippen LogP contribution in [0.25, 0.3) is 33.4 Å². The van der Waals surface area contributed by atoms with E-state index in [0.29, 0.717) is 46.8 Å². The SMILES string of the molecule is C.CCS(=O)(=O)CCN(C(=O)Cc1ccc(F)c(C(F)(F)F)c1)[C@@H](C)c1nc2ncccc2c(=O)n1-c1ccc(C#N)cc1.CCS(=O)(=O)CCN(C(=O)Cc1ccc(F)c(C(F)(F)F)c1)[C@H](C)c1nc2ncccc2c(=O)n1-c1ccc(C#N)cc1. The minimum atomic E-state index is -5.00. The van der Waals surface area contributed by atoms with Gasteiger partial charge in [0, 0.05) is 37.0 Å². The molecule has 8 rings (SSSR count). The molecule has 456 valence electrons. The fourth-order valence-electron chi connectivity index (χ4n) is 8.96. The number of benzene rings is 4. The number of pyridine rings is 2. The molecule has 4 heterocycles. The van der Waals surface area contributed by atoms with Gasteiger partial charge in [0.15, 0.2) is 31.0 Å². The molecule has 0 bridgehead atoms. The van der Waals surface area contributed by atoms with Crippen LogP contribution in [0, 0.1) is 34.3 Å². The lowest BCUT2D eigenvalue weighted by Gasteiger charge is -2.30. The standard InChI is InChI=1S/2C29H25F4N5O4S.CH4/c2*1-3-43(41,42)14-13-37(25(39)16-20-8-11-24(30)23(15-20)29(31,32)33)18(2)27-36-26-22(5-4-12-35-26)28(40)38(27)21-9-6-19(17-34)7-10-21;/h2*4-12,15,18H,3,13-14,16H2,1-2H3;1H4/t2*18-;/m10./s1. The Kier molecular flexibility index (Phi) is 21.0. The summed E-state index contributed by atoms with van der Waals surface area (Å²) < 4.78 is 160. The maximum absolute atomic E-state index is 13.9. The Bertz CT molecular complexity index is 4050. The second-order valence-corrected chi connectivity index (χ2v) is 24.2. The second kappa shape index (κ2) is 27.4. The lowest BCUT2D eigenvalue weighted by atomic mass is 10.1. The summed E-state index contributed by atoms with van der Waals surface area (Å²) in [4.78, 5) is 74.3. The first-order chi connectivity index (χ1) is 40.5. The van der Waals surface area contributed by atoms with Crippen LogP contribution in [0.5, 0.6) is 0 Å². The molecule has 4 aromatic heterocycles. The molecule has 0 aliphatic carbocycles. The Labute approximate surface area is 493 Å². The zero-order valence-corrected chi connectivity index (χ0v) is 47.6. The smallest absolute Gasteiger partial charge is 0.331 e. The van der Waals surface area contributed by atoms with Crippen molar-refractivity contribution in [2.45, 2.75) is 72.4 Å². The molecule has 0 N–H and O–H groups in total. The van der Waals surface area contributed by atoms with Crippen LogP contribution in [0.4, 0.5) is 35.1 Å². The van der Waals surface area contributed by atoms with Gasteiger partial charge in [-0.1, -0.05) is 33.4 Å². The van der Waals surface area contributed by atoms with Gasteiger partial charge in [-0.15, -0.1) is 0 Å². The Morgan fingerprint density at radius 1 is 0.575 bits per heavy atom. The average Bonchev–Trinajstić information content (AvgIpc) is 1.36. The second-order valence-electron chi connectivity index (χ2n) is 19.3. The van der Waals surface area contributed by atoms with Crippen LogP contribution in [-0.2, 0) is 54.5 Å². The number of halogens is 8. The van der Waals surface area contributed by atoms with Gasteiger partial charge in [-0.3, -0.25) is 28.3 Å². The van der Waals surface area contributed by atoms with Crippen molar-refractivity contribution in [3.05, 3.63) is 199 Å². The van der Waals surface area contributed by atoms with E-state index in [-0.39, 0.29) is 76.9 Å². The molecular weight excluding hydrogens is 1190 g/mol. The summed E-state index contributed by atoms with van der Waals surface area (Å²) in [5.41, 5.74) is -3.12. The van der Waals surface area contributed by atoms with E-state index < -0.39 is 114 Å². The Hall–Kier alpha value is -9.28. The summed E-state index contributed by atoms with van der Waals surface area (Å²) >= 11 is 0. The van der Waals surface area contributed by atoms with E-state index in [9.17, 15) is 81.7 Å². The van der Waals surface area contributed by atoms with E-state index in [2.05, 4.69) is 19.9 Å². The van der Waals surface area contributed by atoms with Crippen LogP contribution < -0.4 is 11.1 Å². The highest BCUT2D eigenvalue weighted by Crippen LogP contribution is 2.34. The van der Waals surface area contributed by atoms with Crippen molar-refractivity contribution in [3.8, 4) is 23.5 Å². The number of amides is 2. The molecule has 28 heteroatoms. The number of nitriles is 2. The van der Waals surface area contributed by atoms with E-state index in [0.717, 1.165) is 21.9 Å². The zero-order chi connectivity index (χ0) is 63.1. The highest BCUT2D eigenvalue weighted by molar-refractivity contribution is 7.91. The van der Waals surface area contributed by atoms with Crippen LogP contribution in [0.1, 0.15) is 92.2 Å². The molecule has 0 radical (unpaired) electrons. The van der Waals surface area contributed by atoms with Crippen molar-refractivity contribution in [1.82, 2.24) is 38.9 Å². The summed E-state index contributed by atoms with van der Waals surface area (Å²) in [6, 6.07) is 24.2. The van der Waals surface area contributed by atoms with Gasteiger partial charge in [-0.05, 0) is 122 Å². The minimum absolute atomic E-state index is 0. The van der Waals surface area contributed by atoms with Gasteiger partial charge in [0.05, 0.1) is 93.0 Å². The van der Waals surface area contributed by atoms with Gasteiger partial charge < -0.3 is 9.80 Å². The number of hydrogen-bond donors (Lipinski definition) is 0. The number of hydrogen-bond acceptors (Lipinski definition) is 14. The highest BCUT2D eigenvalue weighted by Gasteiger charge is 2.37. The molecule has 4 aromatic carbocycles. The number of carbonyl (C=O) groups excluding carboxylic acids is 2. The number of nitrogens with zero attached hydrogens (tertiary/aromatic N) is 10. The summed E-state index contributed by atoms with van der Waals surface area (Å²) in [5, 5.41) is 18.7. The van der Waals surface area contributed by atoms with Crippen LogP contribution in [-0.4, -0.2) is 104 Å². The molecule has 0 aliphatic rings. The molecule has 0 saturated heterocycles. The van der Waals surface area contributed by atoms with Crippen molar-refractivity contribution in [1.29, 1.82) is 10.5 Å². The molecule has 0 unspecified atom stereocenters. The molecule has 2 atom stereocenters. The molecule has 0 fully saturated rings. The third-order valence-corrected chi connectivity index (χ3v) is 17.1.